The molecule has 0 radical (unpaired) electrons. The smallest absolute Gasteiger partial charge is 0.0741 e. The molecular formula is C10H13NS. The van der Waals surface area contributed by atoms with E-state index in [0.29, 0.717) is 5.37 Å². The van der Waals surface area contributed by atoms with Crippen LogP contribution in [0.1, 0.15) is 18.1 Å². The minimum Gasteiger partial charge on any atom is -0.372 e. The fraction of sp³-hybridized carbons (Fsp3) is 0.400. The number of anilines is 1. The molecule has 1 aromatic rings. The van der Waals surface area contributed by atoms with E-state index in [1.54, 1.807) is 0 Å². The van der Waals surface area contributed by atoms with Gasteiger partial charge in [-0.25, -0.2) is 0 Å². The molecule has 0 bridgehead atoms. The van der Waals surface area contributed by atoms with E-state index in [9.17, 15) is 0 Å². The summed E-state index contributed by atoms with van der Waals surface area (Å²) in [5.74, 6) is 0. The van der Waals surface area contributed by atoms with Crippen molar-refractivity contribution in [1.29, 1.82) is 0 Å². The van der Waals surface area contributed by atoms with Gasteiger partial charge in [-0.15, -0.1) is 0 Å². The second kappa shape index (κ2) is 2.70. The maximum atomic E-state index is 3.43. The minimum absolute atomic E-state index is 0.529. The average molecular weight is 179 g/mol. The van der Waals surface area contributed by atoms with Crippen LogP contribution in [0.4, 0.5) is 5.69 Å². The number of benzene rings is 1. The van der Waals surface area contributed by atoms with Crippen LogP contribution in [-0.4, -0.2) is 5.37 Å². The lowest BCUT2D eigenvalue weighted by molar-refractivity contribution is 1.14. The van der Waals surface area contributed by atoms with Crippen molar-refractivity contribution in [3.8, 4) is 0 Å². The number of aryl methyl sites for hydroxylation is 2. The zero-order valence-corrected chi connectivity index (χ0v) is 8.46. The van der Waals surface area contributed by atoms with Crippen LogP contribution < -0.4 is 5.32 Å². The summed E-state index contributed by atoms with van der Waals surface area (Å²) in [7, 11) is 0. The second-order valence-corrected chi connectivity index (χ2v) is 4.72. The Morgan fingerprint density at radius 2 is 1.92 bits per heavy atom. The van der Waals surface area contributed by atoms with E-state index in [4.69, 9.17) is 0 Å². The highest BCUT2D eigenvalue weighted by Crippen LogP contribution is 2.39. The highest BCUT2D eigenvalue weighted by atomic mass is 32.2. The molecule has 0 saturated carbocycles. The van der Waals surface area contributed by atoms with Crippen LogP contribution >= 0.6 is 11.8 Å². The van der Waals surface area contributed by atoms with Gasteiger partial charge >= 0.3 is 0 Å². The molecule has 2 rings (SSSR count). The number of hydrogen-bond donors (Lipinski definition) is 1. The summed E-state index contributed by atoms with van der Waals surface area (Å²) in [5, 5.41) is 3.96. The van der Waals surface area contributed by atoms with Gasteiger partial charge in [0, 0.05) is 10.6 Å². The van der Waals surface area contributed by atoms with Crippen LogP contribution in [0.3, 0.4) is 0 Å². The quantitative estimate of drug-likeness (QED) is 0.656. The van der Waals surface area contributed by atoms with E-state index in [1.165, 1.54) is 21.7 Å². The first-order valence-electron chi connectivity index (χ1n) is 4.21. The van der Waals surface area contributed by atoms with Crippen LogP contribution in [0.5, 0.6) is 0 Å². The monoisotopic (exact) mass is 179 g/mol. The molecule has 1 aromatic carbocycles. The number of fused-ring (bicyclic) bond motifs is 1. The summed E-state index contributed by atoms with van der Waals surface area (Å²) in [5.41, 5.74) is 4.06. The topological polar surface area (TPSA) is 12.0 Å². The van der Waals surface area contributed by atoms with Gasteiger partial charge in [0.05, 0.1) is 5.37 Å². The van der Waals surface area contributed by atoms with Gasteiger partial charge in [0.25, 0.3) is 0 Å². The van der Waals surface area contributed by atoms with Gasteiger partial charge < -0.3 is 5.32 Å². The molecule has 0 amide bonds. The molecule has 1 N–H and O–H groups in total. The molecule has 1 unspecified atom stereocenters. The van der Waals surface area contributed by atoms with Gasteiger partial charge in [-0.3, -0.25) is 0 Å². The van der Waals surface area contributed by atoms with Crippen LogP contribution in [0.25, 0.3) is 0 Å². The highest BCUT2D eigenvalue weighted by Gasteiger charge is 2.17. The molecule has 0 aromatic heterocycles. The first kappa shape index (κ1) is 7.99. The van der Waals surface area contributed by atoms with Crippen molar-refractivity contribution in [2.45, 2.75) is 31.0 Å². The Hall–Kier alpha value is -0.630. The van der Waals surface area contributed by atoms with Crippen molar-refractivity contribution in [2.75, 3.05) is 5.32 Å². The normalized spacial score (nSPS) is 20.4. The summed E-state index contributed by atoms with van der Waals surface area (Å²) in [6.45, 7) is 6.51. The van der Waals surface area contributed by atoms with Gasteiger partial charge in [-0.05, 0) is 44.0 Å². The summed E-state index contributed by atoms with van der Waals surface area (Å²) < 4.78 is 0. The number of hydrogen-bond acceptors (Lipinski definition) is 2. The van der Waals surface area contributed by atoms with Crippen LogP contribution in [0.15, 0.2) is 17.0 Å². The van der Waals surface area contributed by atoms with Crippen molar-refractivity contribution in [1.82, 2.24) is 0 Å². The number of thioether (sulfide) groups is 1. The zero-order valence-electron chi connectivity index (χ0n) is 7.64. The standard InChI is InChI=1S/C10H13NS/c1-6-4-9-10(5-7(6)2)12-8(3)11-9/h4-5,8,11H,1-3H3. The maximum absolute atomic E-state index is 3.43. The maximum Gasteiger partial charge on any atom is 0.0741 e. The van der Waals surface area contributed by atoms with Crippen molar-refractivity contribution in [3.05, 3.63) is 23.3 Å². The molecule has 1 aliphatic rings. The van der Waals surface area contributed by atoms with Crippen molar-refractivity contribution in [2.24, 2.45) is 0 Å². The zero-order chi connectivity index (χ0) is 8.72. The van der Waals surface area contributed by atoms with Gasteiger partial charge in [0.15, 0.2) is 0 Å². The molecule has 64 valence electrons. The Kier molecular flexibility index (Phi) is 1.80. The molecule has 1 atom stereocenters. The molecule has 2 heteroatoms. The molecular weight excluding hydrogens is 166 g/mol. The SMILES string of the molecule is Cc1cc2c(cc1C)SC(C)N2. The minimum atomic E-state index is 0.529. The molecule has 0 spiro atoms. The largest absolute Gasteiger partial charge is 0.372 e. The lowest BCUT2D eigenvalue weighted by atomic mass is 10.1. The van der Waals surface area contributed by atoms with Crippen molar-refractivity contribution < 1.29 is 0 Å². The van der Waals surface area contributed by atoms with Gasteiger partial charge in [0.1, 0.15) is 0 Å². The van der Waals surface area contributed by atoms with Crippen molar-refractivity contribution in [3.63, 3.8) is 0 Å². The Labute approximate surface area is 77.6 Å². The van der Waals surface area contributed by atoms with E-state index in [-0.39, 0.29) is 0 Å². The lowest BCUT2D eigenvalue weighted by Gasteiger charge is -2.03. The average Bonchev–Trinajstić information content (AvgIpc) is 2.30. The van der Waals surface area contributed by atoms with Crippen LogP contribution in [0.2, 0.25) is 0 Å². The number of nitrogens with one attached hydrogen (secondary N) is 1. The molecule has 12 heavy (non-hydrogen) atoms. The van der Waals surface area contributed by atoms with Gasteiger partial charge in [-0.1, -0.05) is 11.8 Å². The summed E-state index contributed by atoms with van der Waals surface area (Å²) in [6.07, 6.45) is 0. The second-order valence-electron chi connectivity index (χ2n) is 3.34. The predicted molar refractivity (Wildman–Crippen MR) is 54.9 cm³/mol. The van der Waals surface area contributed by atoms with E-state index in [2.05, 4.69) is 38.2 Å². The molecule has 0 fully saturated rings. The fourth-order valence-corrected chi connectivity index (χ4v) is 2.50. The molecule has 1 heterocycles. The van der Waals surface area contributed by atoms with Gasteiger partial charge in [0.2, 0.25) is 0 Å². The molecule has 0 aliphatic carbocycles. The van der Waals surface area contributed by atoms with E-state index >= 15 is 0 Å². The third-order valence-corrected chi connectivity index (χ3v) is 3.32. The summed E-state index contributed by atoms with van der Waals surface area (Å²) in [4.78, 5) is 1.39. The third kappa shape index (κ3) is 1.20. The van der Waals surface area contributed by atoms with E-state index in [1.807, 2.05) is 11.8 Å². The van der Waals surface area contributed by atoms with Crippen LogP contribution in [-0.2, 0) is 0 Å². The summed E-state index contributed by atoms with van der Waals surface area (Å²) in [6, 6.07) is 4.51. The first-order valence-corrected chi connectivity index (χ1v) is 5.09. The summed E-state index contributed by atoms with van der Waals surface area (Å²) >= 11 is 1.90. The molecule has 0 saturated heterocycles. The Bertz CT molecular complexity index is 289. The first-order chi connectivity index (χ1) is 5.66. The lowest BCUT2D eigenvalue weighted by Crippen LogP contribution is -2.02. The predicted octanol–water partition coefficient (Wildman–Crippen LogP) is 3.17. The van der Waals surface area contributed by atoms with Crippen molar-refractivity contribution >= 4 is 17.4 Å². The molecule has 1 aliphatic heterocycles. The van der Waals surface area contributed by atoms with Gasteiger partial charge in [-0.2, -0.15) is 0 Å². The Balaban J connectivity index is 2.48. The van der Waals surface area contributed by atoms with E-state index in [0.717, 1.165) is 0 Å². The van der Waals surface area contributed by atoms with Crippen LogP contribution in [0, 0.1) is 13.8 Å². The van der Waals surface area contributed by atoms with E-state index < -0.39 is 0 Å². The number of rotatable bonds is 0. The molecule has 1 nitrogen and oxygen atoms in total. The highest BCUT2D eigenvalue weighted by molar-refractivity contribution is 8.00. The fourth-order valence-electron chi connectivity index (χ4n) is 1.44. The third-order valence-electron chi connectivity index (χ3n) is 2.26. The Morgan fingerprint density at radius 1 is 1.25 bits per heavy atom. The Morgan fingerprint density at radius 3 is 2.67 bits per heavy atom.